The van der Waals surface area contributed by atoms with E-state index < -0.39 is 5.97 Å². The summed E-state index contributed by atoms with van der Waals surface area (Å²) in [4.78, 5) is 16.6. The summed E-state index contributed by atoms with van der Waals surface area (Å²) in [5.74, 6) is -0.520. The zero-order valence-electron chi connectivity index (χ0n) is 11.2. The van der Waals surface area contributed by atoms with Crippen molar-refractivity contribution in [3.05, 3.63) is 40.9 Å². The van der Waals surface area contributed by atoms with E-state index in [1.165, 1.54) is 30.6 Å². The number of thiazole rings is 1. The van der Waals surface area contributed by atoms with Crippen LogP contribution < -0.4 is 0 Å². The molecule has 1 N–H and O–H groups in total. The molecular weight excluding hydrogens is 270 g/mol. The quantitative estimate of drug-likeness (QED) is 0.900. The third kappa shape index (κ3) is 2.61. The van der Waals surface area contributed by atoms with Crippen LogP contribution in [0.1, 0.15) is 53.4 Å². The summed E-state index contributed by atoms with van der Waals surface area (Å²) < 4.78 is 0. The highest BCUT2D eigenvalue weighted by Gasteiger charge is 2.26. The predicted octanol–water partition coefficient (Wildman–Crippen LogP) is 4.56. The van der Waals surface area contributed by atoms with Gasteiger partial charge in [-0.1, -0.05) is 49.6 Å². The number of nitrogens with zero attached hydrogens (tertiary/aromatic N) is 1. The number of benzene rings is 1. The minimum absolute atomic E-state index is 0.323. The fraction of sp³-hybridized carbons (Fsp3) is 0.375. The molecule has 0 saturated heterocycles. The topological polar surface area (TPSA) is 50.2 Å². The number of carboxylic acids is 1. The molecule has 3 nitrogen and oxygen atoms in total. The van der Waals surface area contributed by atoms with E-state index in [0.717, 1.165) is 29.1 Å². The van der Waals surface area contributed by atoms with E-state index in [1.807, 2.05) is 30.3 Å². The van der Waals surface area contributed by atoms with Crippen LogP contribution in [0, 0.1) is 0 Å². The highest BCUT2D eigenvalue weighted by molar-refractivity contribution is 7.17. The lowest BCUT2D eigenvalue weighted by Gasteiger charge is -2.20. The third-order valence-electron chi connectivity index (χ3n) is 3.86. The smallest absolute Gasteiger partial charge is 0.347 e. The van der Waals surface area contributed by atoms with Gasteiger partial charge in [0.2, 0.25) is 0 Å². The Balaban J connectivity index is 2.00. The zero-order chi connectivity index (χ0) is 13.9. The second kappa shape index (κ2) is 5.75. The molecule has 0 unspecified atom stereocenters. The Kier molecular flexibility index (Phi) is 3.83. The fourth-order valence-corrected chi connectivity index (χ4v) is 3.84. The summed E-state index contributed by atoms with van der Waals surface area (Å²) in [5.41, 5.74) is 1.81. The Morgan fingerprint density at radius 2 is 1.85 bits per heavy atom. The van der Waals surface area contributed by atoms with Gasteiger partial charge >= 0.3 is 5.97 Å². The van der Waals surface area contributed by atoms with Crippen molar-refractivity contribution < 1.29 is 9.90 Å². The number of aromatic nitrogens is 1. The first-order chi connectivity index (χ1) is 9.75. The van der Waals surface area contributed by atoms with Crippen LogP contribution in [0.2, 0.25) is 0 Å². The summed E-state index contributed by atoms with van der Waals surface area (Å²) in [6.07, 6.45) is 5.76. The van der Waals surface area contributed by atoms with E-state index in [0.29, 0.717) is 10.8 Å². The van der Waals surface area contributed by atoms with E-state index in [-0.39, 0.29) is 0 Å². The molecule has 4 heteroatoms. The summed E-state index contributed by atoms with van der Waals surface area (Å²) in [6, 6.07) is 9.83. The molecule has 1 aromatic heterocycles. The fourth-order valence-electron chi connectivity index (χ4n) is 2.84. The lowest BCUT2D eigenvalue weighted by atomic mass is 9.86. The van der Waals surface area contributed by atoms with Gasteiger partial charge in [-0.2, -0.15) is 0 Å². The summed E-state index contributed by atoms with van der Waals surface area (Å²) in [6.45, 7) is 0. The van der Waals surface area contributed by atoms with Gasteiger partial charge in [0.15, 0.2) is 0 Å². The standard InChI is InChI=1S/C16H17NO2S/c18-16(19)14-13(11-7-3-1-4-8-11)17-15(20-14)12-9-5-2-6-10-12/h2,5-6,9-11H,1,3-4,7-8H2,(H,18,19). The van der Waals surface area contributed by atoms with Gasteiger partial charge in [-0.3, -0.25) is 0 Å². The first-order valence-electron chi connectivity index (χ1n) is 7.05. The molecule has 0 amide bonds. The molecule has 1 saturated carbocycles. The number of carbonyl (C=O) groups is 1. The van der Waals surface area contributed by atoms with Crippen molar-refractivity contribution in [2.24, 2.45) is 0 Å². The maximum Gasteiger partial charge on any atom is 0.347 e. The number of rotatable bonds is 3. The molecule has 104 valence electrons. The van der Waals surface area contributed by atoms with Crippen molar-refractivity contribution in [3.63, 3.8) is 0 Å². The SMILES string of the molecule is O=C(O)c1sc(-c2ccccc2)nc1C1CCCCC1. The van der Waals surface area contributed by atoms with Crippen molar-refractivity contribution in [1.29, 1.82) is 0 Å². The van der Waals surface area contributed by atoms with Crippen molar-refractivity contribution in [2.75, 3.05) is 0 Å². The van der Waals surface area contributed by atoms with Crippen LogP contribution in [-0.4, -0.2) is 16.1 Å². The van der Waals surface area contributed by atoms with E-state index in [2.05, 4.69) is 4.98 Å². The lowest BCUT2D eigenvalue weighted by Crippen LogP contribution is -2.09. The Morgan fingerprint density at radius 1 is 1.15 bits per heavy atom. The molecule has 20 heavy (non-hydrogen) atoms. The van der Waals surface area contributed by atoms with Crippen molar-refractivity contribution in [2.45, 2.75) is 38.0 Å². The van der Waals surface area contributed by atoms with Gasteiger partial charge in [0, 0.05) is 11.5 Å². The summed E-state index contributed by atoms with van der Waals surface area (Å²) in [5, 5.41) is 10.2. The molecule has 1 aromatic carbocycles. The second-order valence-corrected chi connectivity index (χ2v) is 6.24. The second-order valence-electron chi connectivity index (χ2n) is 5.24. The molecular formula is C16H17NO2S. The number of hydrogen-bond acceptors (Lipinski definition) is 3. The van der Waals surface area contributed by atoms with Gasteiger partial charge in [-0.05, 0) is 12.8 Å². The van der Waals surface area contributed by atoms with E-state index in [4.69, 9.17) is 0 Å². The first kappa shape index (κ1) is 13.3. The Bertz CT molecular complexity index is 600. The molecule has 0 aliphatic heterocycles. The Hall–Kier alpha value is -1.68. The van der Waals surface area contributed by atoms with Crippen LogP contribution >= 0.6 is 11.3 Å². The Morgan fingerprint density at radius 3 is 2.50 bits per heavy atom. The number of aromatic carboxylic acids is 1. The van der Waals surface area contributed by atoms with E-state index in [1.54, 1.807) is 0 Å². The van der Waals surface area contributed by atoms with Crippen LogP contribution in [0.4, 0.5) is 0 Å². The largest absolute Gasteiger partial charge is 0.477 e. The highest BCUT2D eigenvalue weighted by atomic mass is 32.1. The molecule has 1 fully saturated rings. The molecule has 1 aliphatic rings. The molecule has 0 radical (unpaired) electrons. The zero-order valence-corrected chi connectivity index (χ0v) is 12.0. The van der Waals surface area contributed by atoms with Crippen LogP contribution in [0.15, 0.2) is 30.3 Å². The minimum Gasteiger partial charge on any atom is -0.477 e. The van der Waals surface area contributed by atoms with E-state index >= 15 is 0 Å². The van der Waals surface area contributed by atoms with Gasteiger partial charge in [-0.15, -0.1) is 11.3 Å². The number of hydrogen-bond donors (Lipinski definition) is 1. The van der Waals surface area contributed by atoms with Gasteiger partial charge in [0.1, 0.15) is 9.88 Å². The summed E-state index contributed by atoms with van der Waals surface area (Å²) in [7, 11) is 0. The molecule has 3 rings (SSSR count). The van der Waals surface area contributed by atoms with Crippen LogP contribution in [-0.2, 0) is 0 Å². The first-order valence-corrected chi connectivity index (χ1v) is 7.87. The molecule has 0 bridgehead atoms. The maximum atomic E-state index is 11.5. The monoisotopic (exact) mass is 287 g/mol. The van der Waals surface area contributed by atoms with Gasteiger partial charge in [-0.25, -0.2) is 9.78 Å². The third-order valence-corrected chi connectivity index (χ3v) is 4.97. The number of carboxylic acid groups (broad SMARTS) is 1. The molecule has 2 aromatic rings. The minimum atomic E-state index is -0.842. The molecule has 1 heterocycles. The molecule has 0 atom stereocenters. The lowest BCUT2D eigenvalue weighted by molar-refractivity contribution is 0.0700. The highest BCUT2D eigenvalue weighted by Crippen LogP contribution is 2.38. The van der Waals surface area contributed by atoms with Crippen LogP contribution in [0.3, 0.4) is 0 Å². The van der Waals surface area contributed by atoms with Crippen LogP contribution in [0.25, 0.3) is 10.6 Å². The average Bonchev–Trinajstić information content (AvgIpc) is 2.94. The average molecular weight is 287 g/mol. The van der Waals surface area contributed by atoms with Crippen molar-refractivity contribution in [1.82, 2.24) is 4.98 Å². The maximum absolute atomic E-state index is 11.5. The van der Waals surface area contributed by atoms with Gasteiger partial charge in [0.25, 0.3) is 0 Å². The summed E-state index contributed by atoms with van der Waals surface area (Å²) >= 11 is 1.30. The van der Waals surface area contributed by atoms with E-state index in [9.17, 15) is 9.90 Å². The van der Waals surface area contributed by atoms with Crippen molar-refractivity contribution in [3.8, 4) is 10.6 Å². The van der Waals surface area contributed by atoms with Crippen LogP contribution in [0.5, 0.6) is 0 Å². The van der Waals surface area contributed by atoms with Gasteiger partial charge < -0.3 is 5.11 Å². The molecule has 0 spiro atoms. The van der Waals surface area contributed by atoms with Gasteiger partial charge in [0.05, 0.1) is 5.69 Å². The normalized spacial score (nSPS) is 16.2. The van der Waals surface area contributed by atoms with Crippen molar-refractivity contribution >= 4 is 17.3 Å². The predicted molar refractivity (Wildman–Crippen MR) is 80.3 cm³/mol. The molecule has 1 aliphatic carbocycles. The Labute approximate surface area is 122 Å².